The van der Waals surface area contributed by atoms with E-state index in [1.807, 2.05) is 0 Å². The van der Waals surface area contributed by atoms with Crippen LogP contribution >= 0.6 is 0 Å². The average molecular weight is 208 g/mol. The van der Waals surface area contributed by atoms with E-state index in [9.17, 15) is 4.79 Å². The molecule has 0 bridgehead atoms. The normalized spacial score (nSPS) is 15.2. The van der Waals surface area contributed by atoms with Crippen LogP contribution in [0.25, 0.3) is 0 Å². The maximum absolute atomic E-state index is 11.3. The number of aromatic nitrogens is 2. The van der Waals surface area contributed by atoms with Gasteiger partial charge in [0.25, 0.3) is 0 Å². The molecule has 0 saturated heterocycles. The molecule has 5 nitrogen and oxygen atoms in total. The molecule has 0 aromatic carbocycles. The standard InChI is InChI=1S/C10H16N4O/c15-10(6-13-8-1-2-8)12-4-3-9-5-11-7-14-9/h5,7-8,13H,1-4,6H2,(H,11,14)(H,12,15). The summed E-state index contributed by atoms with van der Waals surface area (Å²) in [5.74, 6) is 0.0708. The highest BCUT2D eigenvalue weighted by Gasteiger charge is 2.20. The third-order valence-corrected chi connectivity index (χ3v) is 2.40. The molecule has 1 aliphatic carbocycles. The van der Waals surface area contributed by atoms with E-state index in [2.05, 4.69) is 20.6 Å². The largest absolute Gasteiger partial charge is 0.355 e. The summed E-state index contributed by atoms with van der Waals surface area (Å²) in [5, 5.41) is 6.02. The van der Waals surface area contributed by atoms with Crippen molar-refractivity contribution in [3.63, 3.8) is 0 Å². The van der Waals surface area contributed by atoms with Gasteiger partial charge in [-0.15, -0.1) is 0 Å². The van der Waals surface area contributed by atoms with Gasteiger partial charge < -0.3 is 15.6 Å². The van der Waals surface area contributed by atoms with E-state index in [1.165, 1.54) is 12.8 Å². The first kappa shape index (κ1) is 10.2. The molecule has 0 unspecified atom stereocenters. The lowest BCUT2D eigenvalue weighted by Crippen LogP contribution is -2.35. The number of amides is 1. The molecule has 0 aliphatic heterocycles. The molecule has 15 heavy (non-hydrogen) atoms. The van der Waals surface area contributed by atoms with E-state index in [1.54, 1.807) is 12.5 Å². The van der Waals surface area contributed by atoms with Crippen LogP contribution < -0.4 is 10.6 Å². The maximum Gasteiger partial charge on any atom is 0.233 e. The molecular formula is C10H16N4O. The smallest absolute Gasteiger partial charge is 0.233 e. The van der Waals surface area contributed by atoms with Crippen LogP contribution in [0.4, 0.5) is 0 Å². The van der Waals surface area contributed by atoms with Gasteiger partial charge in [0.05, 0.1) is 12.9 Å². The quantitative estimate of drug-likeness (QED) is 0.607. The van der Waals surface area contributed by atoms with Crippen LogP contribution in [0.5, 0.6) is 0 Å². The summed E-state index contributed by atoms with van der Waals surface area (Å²) in [6, 6.07) is 0.586. The van der Waals surface area contributed by atoms with E-state index in [4.69, 9.17) is 0 Å². The Bertz CT molecular complexity index is 305. The summed E-state index contributed by atoms with van der Waals surface area (Å²) in [6.07, 6.45) is 6.64. The number of imidazole rings is 1. The number of rotatable bonds is 6. The number of nitrogens with zero attached hydrogens (tertiary/aromatic N) is 1. The predicted molar refractivity (Wildman–Crippen MR) is 56.3 cm³/mol. The first-order valence-corrected chi connectivity index (χ1v) is 5.32. The third kappa shape index (κ3) is 3.71. The highest BCUT2D eigenvalue weighted by atomic mass is 16.1. The van der Waals surface area contributed by atoms with Crippen LogP contribution in [-0.2, 0) is 11.2 Å². The van der Waals surface area contributed by atoms with Gasteiger partial charge in [-0.3, -0.25) is 4.79 Å². The van der Waals surface area contributed by atoms with Gasteiger partial charge in [0, 0.05) is 30.9 Å². The molecule has 0 spiro atoms. The molecule has 1 heterocycles. The van der Waals surface area contributed by atoms with Gasteiger partial charge in [0.1, 0.15) is 0 Å². The van der Waals surface area contributed by atoms with Crippen molar-refractivity contribution in [2.75, 3.05) is 13.1 Å². The molecule has 0 radical (unpaired) electrons. The van der Waals surface area contributed by atoms with Gasteiger partial charge in [-0.1, -0.05) is 0 Å². The lowest BCUT2D eigenvalue weighted by Gasteiger charge is -2.04. The first-order valence-electron chi connectivity index (χ1n) is 5.32. The topological polar surface area (TPSA) is 69.8 Å². The molecule has 1 fully saturated rings. The number of carbonyl (C=O) groups is 1. The summed E-state index contributed by atoms with van der Waals surface area (Å²) in [7, 11) is 0. The van der Waals surface area contributed by atoms with Crippen molar-refractivity contribution < 1.29 is 4.79 Å². The number of aromatic amines is 1. The Balaban J connectivity index is 1.54. The fraction of sp³-hybridized carbons (Fsp3) is 0.600. The second-order valence-electron chi connectivity index (χ2n) is 3.83. The average Bonchev–Trinajstić information content (AvgIpc) is 2.92. The Morgan fingerprint density at radius 1 is 1.60 bits per heavy atom. The van der Waals surface area contributed by atoms with Gasteiger partial charge in [-0.05, 0) is 12.8 Å². The van der Waals surface area contributed by atoms with Crippen molar-refractivity contribution in [3.05, 3.63) is 18.2 Å². The Morgan fingerprint density at radius 3 is 3.13 bits per heavy atom. The van der Waals surface area contributed by atoms with E-state index in [0.29, 0.717) is 19.1 Å². The van der Waals surface area contributed by atoms with Gasteiger partial charge in [0.15, 0.2) is 0 Å². The fourth-order valence-electron chi connectivity index (χ4n) is 1.34. The summed E-state index contributed by atoms with van der Waals surface area (Å²) >= 11 is 0. The van der Waals surface area contributed by atoms with Crippen LogP contribution in [-0.4, -0.2) is 35.0 Å². The van der Waals surface area contributed by atoms with Gasteiger partial charge in [-0.2, -0.15) is 0 Å². The fourth-order valence-corrected chi connectivity index (χ4v) is 1.34. The van der Waals surface area contributed by atoms with Crippen molar-refractivity contribution >= 4 is 5.91 Å². The first-order chi connectivity index (χ1) is 7.34. The minimum Gasteiger partial charge on any atom is -0.355 e. The molecule has 1 amide bonds. The van der Waals surface area contributed by atoms with Gasteiger partial charge >= 0.3 is 0 Å². The van der Waals surface area contributed by atoms with Crippen molar-refractivity contribution in [1.82, 2.24) is 20.6 Å². The number of carbonyl (C=O) groups excluding carboxylic acids is 1. The number of hydrogen-bond acceptors (Lipinski definition) is 3. The van der Waals surface area contributed by atoms with Crippen LogP contribution in [0.1, 0.15) is 18.5 Å². The van der Waals surface area contributed by atoms with Crippen LogP contribution in [0, 0.1) is 0 Å². The SMILES string of the molecule is O=C(CNC1CC1)NCCc1cnc[nH]1. The van der Waals surface area contributed by atoms with Crippen molar-refractivity contribution in [2.24, 2.45) is 0 Å². The zero-order valence-corrected chi connectivity index (χ0v) is 8.62. The van der Waals surface area contributed by atoms with Crippen LogP contribution in [0.3, 0.4) is 0 Å². The van der Waals surface area contributed by atoms with E-state index >= 15 is 0 Å². The lowest BCUT2D eigenvalue weighted by molar-refractivity contribution is -0.120. The highest BCUT2D eigenvalue weighted by Crippen LogP contribution is 2.17. The number of nitrogens with one attached hydrogen (secondary N) is 3. The minimum atomic E-state index is 0.0708. The molecule has 82 valence electrons. The van der Waals surface area contributed by atoms with E-state index < -0.39 is 0 Å². The summed E-state index contributed by atoms with van der Waals surface area (Å²) < 4.78 is 0. The summed E-state index contributed by atoms with van der Waals surface area (Å²) in [5.41, 5.74) is 1.05. The Hall–Kier alpha value is -1.36. The molecular weight excluding hydrogens is 192 g/mol. The molecule has 1 saturated carbocycles. The lowest BCUT2D eigenvalue weighted by atomic mass is 10.3. The zero-order chi connectivity index (χ0) is 10.5. The van der Waals surface area contributed by atoms with Gasteiger partial charge in [-0.25, -0.2) is 4.98 Å². The Kier molecular flexibility index (Phi) is 3.34. The highest BCUT2D eigenvalue weighted by molar-refractivity contribution is 5.78. The second-order valence-corrected chi connectivity index (χ2v) is 3.83. The third-order valence-electron chi connectivity index (χ3n) is 2.40. The second kappa shape index (κ2) is 4.93. The summed E-state index contributed by atoms with van der Waals surface area (Å²) in [4.78, 5) is 18.2. The van der Waals surface area contributed by atoms with Gasteiger partial charge in [0.2, 0.25) is 5.91 Å². The van der Waals surface area contributed by atoms with E-state index in [0.717, 1.165) is 12.1 Å². The van der Waals surface area contributed by atoms with E-state index in [-0.39, 0.29) is 5.91 Å². The molecule has 3 N–H and O–H groups in total. The minimum absolute atomic E-state index is 0.0708. The number of hydrogen-bond donors (Lipinski definition) is 3. The van der Waals surface area contributed by atoms with Crippen LogP contribution in [0.15, 0.2) is 12.5 Å². The Morgan fingerprint density at radius 2 is 2.47 bits per heavy atom. The molecule has 1 aliphatic rings. The molecule has 1 aromatic heterocycles. The molecule has 2 rings (SSSR count). The Labute approximate surface area is 88.7 Å². The maximum atomic E-state index is 11.3. The number of H-pyrrole nitrogens is 1. The zero-order valence-electron chi connectivity index (χ0n) is 8.62. The summed E-state index contributed by atoms with van der Waals surface area (Å²) in [6.45, 7) is 1.10. The monoisotopic (exact) mass is 208 g/mol. The van der Waals surface area contributed by atoms with Crippen molar-refractivity contribution in [1.29, 1.82) is 0 Å². The predicted octanol–water partition coefficient (Wildman–Crippen LogP) is -0.180. The van der Waals surface area contributed by atoms with Crippen LogP contribution in [0.2, 0.25) is 0 Å². The molecule has 1 aromatic rings. The molecule has 5 heteroatoms. The molecule has 0 atom stereocenters. The van der Waals surface area contributed by atoms with Crippen molar-refractivity contribution in [3.8, 4) is 0 Å². The van der Waals surface area contributed by atoms with Crippen molar-refractivity contribution in [2.45, 2.75) is 25.3 Å².